The van der Waals surface area contributed by atoms with Gasteiger partial charge < -0.3 is 14.4 Å². The molecule has 0 N–H and O–H groups in total. The monoisotopic (exact) mass is 530 g/mol. The van der Waals surface area contributed by atoms with Crippen molar-refractivity contribution in [2.75, 3.05) is 39.4 Å². The van der Waals surface area contributed by atoms with Gasteiger partial charge in [0.1, 0.15) is 0 Å². The number of ketones is 1. The first kappa shape index (κ1) is 25.8. The average Bonchev–Trinajstić information content (AvgIpc) is 3.67. The third kappa shape index (κ3) is 5.08. The molecule has 1 amide bonds. The molecule has 5 aliphatic rings. The summed E-state index contributed by atoms with van der Waals surface area (Å²) in [5.41, 5.74) is 2.55. The summed E-state index contributed by atoms with van der Waals surface area (Å²) in [7, 11) is 0. The molecule has 1 aromatic carbocycles. The molecule has 3 unspecified atom stereocenters. The number of nitrogens with zero attached hydrogens (tertiary/aromatic N) is 2. The van der Waals surface area contributed by atoms with E-state index in [0.717, 1.165) is 57.5 Å². The van der Waals surface area contributed by atoms with Gasteiger partial charge >= 0.3 is 6.18 Å². The molecule has 6 rings (SSSR count). The molecule has 0 spiro atoms. The quantitative estimate of drug-likeness (QED) is 0.529. The summed E-state index contributed by atoms with van der Waals surface area (Å²) in [6.07, 6.45) is 4.49. The topological polar surface area (TPSA) is 59.1 Å². The number of carbonyl (C=O) groups is 2. The first-order valence-corrected chi connectivity index (χ1v) is 13.6. The first-order valence-electron chi connectivity index (χ1n) is 13.6. The normalized spacial score (nSPS) is 29.4. The predicted octanol–water partition coefficient (Wildman–Crippen LogP) is 4.19. The number of halogens is 3. The Hall–Kier alpha value is -2.49. The molecule has 6 nitrogen and oxygen atoms in total. The zero-order valence-electron chi connectivity index (χ0n) is 21.3. The predicted molar refractivity (Wildman–Crippen MR) is 134 cm³/mol. The van der Waals surface area contributed by atoms with Crippen LogP contribution in [0.25, 0.3) is 0 Å². The van der Waals surface area contributed by atoms with E-state index < -0.39 is 17.6 Å². The smallest absolute Gasteiger partial charge is 0.380 e. The van der Waals surface area contributed by atoms with Crippen LogP contribution in [0.2, 0.25) is 0 Å². The summed E-state index contributed by atoms with van der Waals surface area (Å²) >= 11 is 0. The molecular formula is C29H33F3N2O4. The second kappa shape index (κ2) is 10.2. The highest BCUT2D eigenvalue weighted by Gasteiger charge is 2.42. The number of allylic oxidation sites excluding steroid dienone is 3. The Balaban J connectivity index is 1.12. The van der Waals surface area contributed by atoms with Gasteiger partial charge in [-0.05, 0) is 60.9 Å². The fraction of sp³-hybridized carbons (Fsp3) is 0.586. The van der Waals surface area contributed by atoms with Crippen molar-refractivity contribution in [3.63, 3.8) is 0 Å². The van der Waals surface area contributed by atoms with E-state index in [9.17, 15) is 22.8 Å². The Bertz CT molecular complexity index is 1170. The molecule has 4 atom stereocenters. The molecule has 0 radical (unpaired) electrons. The van der Waals surface area contributed by atoms with Crippen molar-refractivity contribution in [1.29, 1.82) is 0 Å². The highest BCUT2D eigenvalue weighted by atomic mass is 19.4. The molecule has 2 fully saturated rings. The van der Waals surface area contributed by atoms with Crippen molar-refractivity contribution in [3.8, 4) is 0 Å². The molecule has 2 aliphatic carbocycles. The summed E-state index contributed by atoms with van der Waals surface area (Å²) in [5.74, 6) is -0.578. The van der Waals surface area contributed by atoms with Crippen LogP contribution in [0.3, 0.4) is 0 Å². The van der Waals surface area contributed by atoms with Crippen LogP contribution in [0.15, 0.2) is 41.5 Å². The number of Topliss-reactive ketones (excluding diaryl/α,β-unsaturated/α-hetero) is 1. The van der Waals surface area contributed by atoms with Crippen LogP contribution in [0, 0.1) is 5.92 Å². The van der Waals surface area contributed by atoms with Gasteiger partial charge in [0.25, 0.3) is 5.91 Å². The Kier molecular flexibility index (Phi) is 6.95. The number of carbonyl (C=O) groups excluding carboxylic acids is 2. The van der Waals surface area contributed by atoms with Crippen molar-refractivity contribution in [2.45, 2.75) is 63.0 Å². The van der Waals surface area contributed by atoms with Crippen LogP contribution >= 0.6 is 0 Å². The van der Waals surface area contributed by atoms with Gasteiger partial charge in [-0.15, -0.1) is 0 Å². The Morgan fingerprint density at radius 2 is 2.03 bits per heavy atom. The molecule has 0 bridgehead atoms. The summed E-state index contributed by atoms with van der Waals surface area (Å²) in [6, 6.07) is 3.63. The molecule has 0 saturated carbocycles. The molecule has 9 heteroatoms. The van der Waals surface area contributed by atoms with Gasteiger partial charge in [-0.25, -0.2) is 0 Å². The number of amides is 1. The minimum atomic E-state index is -4.52. The number of likely N-dealkylation sites (tertiary alicyclic amines) is 1. The van der Waals surface area contributed by atoms with Crippen LogP contribution in [0.5, 0.6) is 0 Å². The van der Waals surface area contributed by atoms with Crippen LogP contribution in [0.4, 0.5) is 13.2 Å². The van der Waals surface area contributed by atoms with Gasteiger partial charge in [-0.3, -0.25) is 14.5 Å². The minimum Gasteiger partial charge on any atom is -0.380 e. The lowest BCUT2D eigenvalue weighted by molar-refractivity contribution is -0.137. The van der Waals surface area contributed by atoms with Crippen LogP contribution in [-0.2, 0) is 26.9 Å². The maximum atomic E-state index is 13.3. The molecule has 3 heterocycles. The Morgan fingerprint density at radius 1 is 1.16 bits per heavy atom. The number of rotatable bonds is 7. The van der Waals surface area contributed by atoms with E-state index in [0.29, 0.717) is 31.2 Å². The largest absolute Gasteiger partial charge is 0.416 e. The van der Waals surface area contributed by atoms with Crippen LogP contribution in [0.1, 0.15) is 53.6 Å². The number of ether oxygens (including phenoxy) is 2. The molecule has 2 saturated heterocycles. The summed E-state index contributed by atoms with van der Waals surface area (Å²) < 4.78 is 51.9. The summed E-state index contributed by atoms with van der Waals surface area (Å²) in [6.45, 7) is 3.17. The second-order valence-electron chi connectivity index (χ2n) is 11.2. The Labute approximate surface area is 220 Å². The number of alkyl halides is 3. The summed E-state index contributed by atoms with van der Waals surface area (Å²) in [4.78, 5) is 30.1. The minimum absolute atomic E-state index is 0.00567. The molecule has 0 aromatic heterocycles. The van der Waals surface area contributed by atoms with Crippen molar-refractivity contribution in [3.05, 3.63) is 58.2 Å². The van der Waals surface area contributed by atoms with E-state index in [4.69, 9.17) is 9.47 Å². The maximum absolute atomic E-state index is 13.3. The van der Waals surface area contributed by atoms with E-state index in [1.165, 1.54) is 22.1 Å². The summed E-state index contributed by atoms with van der Waals surface area (Å²) in [5, 5.41) is 0. The lowest BCUT2D eigenvalue weighted by Gasteiger charge is -2.29. The number of hydrogen-bond donors (Lipinski definition) is 0. The van der Waals surface area contributed by atoms with Gasteiger partial charge in [0.15, 0.2) is 5.78 Å². The van der Waals surface area contributed by atoms with Crippen molar-refractivity contribution in [2.24, 2.45) is 5.92 Å². The zero-order chi connectivity index (χ0) is 26.4. The molecule has 204 valence electrons. The molecule has 38 heavy (non-hydrogen) atoms. The van der Waals surface area contributed by atoms with Gasteiger partial charge in [-0.2, -0.15) is 13.2 Å². The van der Waals surface area contributed by atoms with Gasteiger partial charge in [-0.1, -0.05) is 18.2 Å². The molecule has 3 aliphatic heterocycles. The van der Waals surface area contributed by atoms with Crippen LogP contribution in [-0.4, -0.2) is 79.1 Å². The fourth-order valence-corrected chi connectivity index (χ4v) is 6.72. The number of benzene rings is 1. The first-order chi connectivity index (χ1) is 18.3. The van der Waals surface area contributed by atoms with Crippen molar-refractivity contribution in [1.82, 2.24) is 9.80 Å². The van der Waals surface area contributed by atoms with Crippen molar-refractivity contribution >= 4 is 11.7 Å². The lowest BCUT2D eigenvalue weighted by atomic mass is 9.95. The fourth-order valence-electron chi connectivity index (χ4n) is 6.72. The van der Waals surface area contributed by atoms with E-state index in [-0.39, 0.29) is 42.4 Å². The van der Waals surface area contributed by atoms with Gasteiger partial charge in [0, 0.05) is 50.2 Å². The average molecular weight is 531 g/mol. The van der Waals surface area contributed by atoms with E-state index in [1.54, 1.807) is 0 Å². The van der Waals surface area contributed by atoms with E-state index >= 15 is 0 Å². The maximum Gasteiger partial charge on any atom is 0.416 e. The van der Waals surface area contributed by atoms with Gasteiger partial charge in [0.2, 0.25) is 0 Å². The highest BCUT2D eigenvalue weighted by Crippen LogP contribution is 2.39. The zero-order valence-corrected chi connectivity index (χ0v) is 21.3. The SMILES string of the molecule is O=C(CC1CN(C2CCOC2)C[C@@H]1OC1CCC2=C1CC=C2)CN1CCc2ccc(C(F)(F)F)cc2C1=O. The molecular weight excluding hydrogens is 497 g/mol. The van der Waals surface area contributed by atoms with Gasteiger partial charge in [0.05, 0.1) is 30.9 Å². The lowest BCUT2D eigenvalue weighted by Crippen LogP contribution is -2.42. The van der Waals surface area contributed by atoms with E-state index in [2.05, 4.69) is 17.1 Å². The van der Waals surface area contributed by atoms with Crippen molar-refractivity contribution < 1.29 is 32.2 Å². The van der Waals surface area contributed by atoms with Crippen LogP contribution < -0.4 is 0 Å². The van der Waals surface area contributed by atoms with E-state index in [1.807, 2.05) is 0 Å². The Morgan fingerprint density at radius 3 is 2.82 bits per heavy atom. The second-order valence-corrected chi connectivity index (χ2v) is 11.2. The third-order valence-corrected chi connectivity index (χ3v) is 8.77. The highest BCUT2D eigenvalue weighted by molar-refractivity contribution is 5.99. The standard InChI is InChI=1S/C29H33F3N2O4/c30-29(31,32)21-6-4-19-8-10-33(28(36)25(19)13-21)15-23(35)12-20-14-34(22-9-11-37-17-22)16-27(20)38-26-7-5-18-2-1-3-24(18)26/h1-2,4,6,13,20,22,26-27H,3,5,7-12,14-17H2/t20?,22?,26?,27-/m0/s1. The third-order valence-electron chi connectivity index (χ3n) is 8.77. The number of hydrogen-bond acceptors (Lipinski definition) is 5. The number of fused-ring (bicyclic) bond motifs is 1. The molecule has 1 aromatic rings.